The van der Waals surface area contributed by atoms with Crippen LogP contribution in [0.2, 0.25) is 5.02 Å². The highest BCUT2D eigenvalue weighted by atomic mass is 35.5. The first-order valence-electron chi connectivity index (χ1n) is 8.83. The zero-order valence-corrected chi connectivity index (χ0v) is 16.1. The number of benzene rings is 2. The third kappa shape index (κ3) is 3.51. The lowest BCUT2D eigenvalue weighted by atomic mass is 10.0. The van der Waals surface area contributed by atoms with Crippen LogP contribution in [0.3, 0.4) is 0 Å². The predicted octanol–water partition coefficient (Wildman–Crippen LogP) is 4.17. The Morgan fingerprint density at radius 1 is 1.04 bits per heavy atom. The Balaban J connectivity index is 1.69. The van der Waals surface area contributed by atoms with E-state index in [9.17, 15) is 12.8 Å². The molecule has 2 aromatic rings. The van der Waals surface area contributed by atoms with Crippen LogP contribution in [0.4, 0.5) is 4.39 Å². The van der Waals surface area contributed by atoms with Gasteiger partial charge in [0, 0.05) is 18.0 Å². The number of sulfonamides is 1. The van der Waals surface area contributed by atoms with Gasteiger partial charge >= 0.3 is 0 Å². The predicted molar refractivity (Wildman–Crippen MR) is 99.3 cm³/mol. The van der Waals surface area contributed by atoms with Crippen LogP contribution in [0.5, 0.6) is 11.5 Å². The second-order valence-corrected chi connectivity index (χ2v) is 8.90. The van der Waals surface area contributed by atoms with Crippen molar-refractivity contribution >= 4 is 21.6 Å². The molecule has 4 rings (SSSR count). The van der Waals surface area contributed by atoms with Crippen molar-refractivity contribution in [2.45, 2.75) is 30.2 Å². The Hall–Kier alpha value is -1.83. The molecule has 0 amide bonds. The summed E-state index contributed by atoms with van der Waals surface area (Å²) in [6, 6.07) is 8.74. The highest BCUT2D eigenvalue weighted by molar-refractivity contribution is 7.89. The number of hydrogen-bond acceptors (Lipinski definition) is 4. The maximum atomic E-state index is 14.3. The number of halogens is 2. The second kappa shape index (κ2) is 7.30. The van der Waals surface area contributed by atoms with Gasteiger partial charge < -0.3 is 9.47 Å². The van der Waals surface area contributed by atoms with Gasteiger partial charge in [-0.1, -0.05) is 17.7 Å². The van der Waals surface area contributed by atoms with Crippen molar-refractivity contribution in [2.24, 2.45) is 0 Å². The van der Waals surface area contributed by atoms with Crippen LogP contribution in [0.25, 0.3) is 0 Å². The van der Waals surface area contributed by atoms with E-state index in [0.717, 1.165) is 18.1 Å². The summed E-state index contributed by atoms with van der Waals surface area (Å²) < 4.78 is 53.2. The lowest BCUT2D eigenvalue weighted by molar-refractivity contribution is 0.296. The van der Waals surface area contributed by atoms with Gasteiger partial charge in [0.25, 0.3) is 0 Å². The molecule has 0 aromatic heterocycles. The van der Waals surface area contributed by atoms with Gasteiger partial charge in [0.2, 0.25) is 10.0 Å². The van der Waals surface area contributed by atoms with E-state index in [1.807, 2.05) is 18.2 Å². The highest BCUT2D eigenvalue weighted by Gasteiger charge is 2.38. The molecule has 8 heteroatoms. The van der Waals surface area contributed by atoms with Gasteiger partial charge in [-0.25, -0.2) is 12.8 Å². The molecule has 2 aromatic carbocycles. The molecule has 0 radical (unpaired) electrons. The van der Waals surface area contributed by atoms with Crippen molar-refractivity contribution in [2.75, 3.05) is 19.8 Å². The minimum atomic E-state index is -3.98. The summed E-state index contributed by atoms with van der Waals surface area (Å²) in [5.41, 5.74) is 0.815. The first kappa shape index (κ1) is 18.5. The van der Waals surface area contributed by atoms with Crippen LogP contribution in [-0.2, 0) is 10.0 Å². The molecular formula is C19H19ClFNO4S. The van der Waals surface area contributed by atoms with Gasteiger partial charge in [0.05, 0.1) is 19.3 Å². The number of hydrogen-bond donors (Lipinski definition) is 0. The molecule has 0 N–H and O–H groups in total. The van der Waals surface area contributed by atoms with Gasteiger partial charge in [-0.05, 0) is 48.7 Å². The van der Waals surface area contributed by atoms with E-state index >= 15 is 0 Å². The summed E-state index contributed by atoms with van der Waals surface area (Å²) >= 11 is 5.76. The molecule has 1 saturated heterocycles. The van der Waals surface area contributed by atoms with Gasteiger partial charge in [-0.3, -0.25) is 0 Å². The molecule has 144 valence electrons. The largest absolute Gasteiger partial charge is 0.490 e. The zero-order valence-electron chi connectivity index (χ0n) is 14.5. The summed E-state index contributed by atoms with van der Waals surface area (Å²) in [6.45, 7) is 1.48. The Labute approximate surface area is 162 Å². The monoisotopic (exact) mass is 411 g/mol. The van der Waals surface area contributed by atoms with E-state index in [1.54, 1.807) is 0 Å². The van der Waals surface area contributed by atoms with Crippen LogP contribution in [0.1, 0.15) is 30.9 Å². The number of nitrogens with zero attached hydrogens (tertiary/aromatic N) is 1. The molecule has 1 atom stereocenters. The average Bonchev–Trinajstić information content (AvgIpc) is 3.01. The van der Waals surface area contributed by atoms with Crippen LogP contribution in [-0.4, -0.2) is 32.5 Å². The van der Waals surface area contributed by atoms with Crippen molar-refractivity contribution in [1.82, 2.24) is 4.31 Å². The number of ether oxygens (including phenoxy) is 2. The molecule has 0 bridgehead atoms. The first-order valence-corrected chi connectivity index (χ1v) is 10.6. The lowest BCUT2D eigenvalue weighted by Crippen LogP contribution is -2.31. The third-order valence-corrected chi connectivity index (χ3v) is 7.02. The highest BCUT2D eigenvalue weighted by Crippen LogP contribution is 2.40. The Morgan fingerprint density at radius 2 is 1.81 bits per heavy atom. The minimum absolute atomic E-state index is 0.160. The van der Waals surface area contributed by atoms with E-state index in [0.29, 0.717) is 44.1 Å². The molecule has 2 aliphatic heterocycles. The fourth-order valence-corrected chi connectivity index (χ4v) is 5.45. The number of fused-ring (bicyclic) bond motifs is 1. The van der Waals surface area contributed by atoms with Crippen LogP contribution >= 0.6 is 11.6 Å². The molecule has 27 heavy (non-hydrogen) atoms. The summed E-state index contributed by atoms with van der Waals surface area (Å²) in [5, 5.41) is 0.160. The lowest BCUT2D eigenvalue weighted by Gasteiger charge is -2.25. The molecule has 1 unspecified atom stereocenters. The second-order valence-electron chi connectivity index (χ2n) is 6.61. The van der Waals surface area contributed by atoms with Crippen LogP contribution in [0.15, 0.2) is 41.3 Å². The molecular weight excluding hydrogens is 393 g/mol. The Kier molecular flexibility index (Phi) is 5.01. The van der Waals surface area contributed by atoms with Crippen LogP contribution in [0, 0.1) is 5.82 Å². The summed E-state index contributed by atoms with van der Waals surface area (Å²) in [7, 11) is -3.98. The van der Waals surface area contributed by atoms with E-state index in [1.165, 1.54) is 16.4 Å². The maximum Gasteiger partial charge on any atom is 0.246 e. The van der Waals surface area contributed by atoms with Crippen molar-refractivity contribution in [3.8, 4) is 11.5 Å². The summed E-state index contributed by atoms with van der Waals surface area (Å²) in [5.74, 6) is 0.436. The van der Waals surface area contributed by atoms with Gasteiger partial charge in [-0.2, -0.15) is 4.31 Å². The van der Waals surface area contributed by atoms with Crippen molar-refractivity contribution in [3.05, 3.63) is 52.8 Å². The van der Waals surface area contributed by atoms with E-state index in [-0.39, 0.29) is 16.0 Å². The zero-order chi connectivity index (χ0) is 19.0. The standard InChI is InChI=1S/C19H19ClFNO4S/c20-14-5-7-19(15(21)12-14)27(23,24)22-8-1-3-16(22)13-4-6-17-18(11-13)26-10-2-9-25-17/h4-7,11-12,16H,1-3,8-10H2. The topological polar surface area (TPSA) is 55.8 Å². The molecule has 5 nitrogen and oxygen atoms in total. The van der Waals surface area contributed by atoms with E-state index in [4.69, 9.17) is 21.1 Å². The first-order chi connectivity index (χ1) is 13.0. The molecule has 0 spiro atoms. The van der Waals surface area contributed by atoms with E-state index in [2.05, 4.69) is 0 Å². The Morgan fingerprint density at radius 3 is 2.59 bits per heavy atom. The smallest absolute Gasteiger partial charge is 0.246 e. The fourth-order valence-electron chi connectivity index (χ4n) is 3.56. The summed E-state index contributed by atoms with van der Waals surface area (Å²) in [6.07, 6.45) is 2.16. The molecule has 0 aliphatic carbocycles. The fraction of sp³-hybridized carbons (Fsp3) is 0.368. The van der Waals surface area contributed by atoms with Crippen molar-refractivity contribution in [1.29, 1.82) is 0 Å². The van der Waals surface area contributed by atoms with Gasteiger partial charge in [-0.15, -0.1) is 0 Å². The van der Waals surface area contributed by atoms with Crippen LogP contribution < -0.4 is 9.47 Å². The SMILES string of the molecule is O=S(=O)(c1ccc(Cl)cc1F)N1CCCC1c1ccc2c(c1)OCCCO2. The van der Waals surface area contributed by atoms with Gasteiger partial charge in [0.1, 0.15) is 10.7 Å². The average molecular weight is 412 g/mol. The maximum absolute atomic E-state index is 14.3. The minimum Gasteiger partial charge on any atom is -0.490 e. The van der Waals surface area contributed by atoms with Crippen molar-refractivity contribution < 1.29 is 22.3 Å². The number of rotatable bonds is 3. The summed E-state index contributed by atoms with van der Waals surface area (Å²) in [4.78, 5) is -0.354. The van der Waals surface area contributed by atoms with E-state index < -0.39 is 15.8 Å². The quantitative estimate of drug-likeness (QED) is 0.760. The Bertz CT molecular complexity index is 966. The molecule has 2 aliphatic rings. The van der Waals surface area contributed by atoms with Crippen molar-refractivity contribution in [3.63, 3.8) is 0 Å². The molecule has 2 heterocycles. The molecule has 1 fully saturated rings. The molecule has 0 saturated carbocycles. The normalized spacial score (nSPS) is 20.4. The third-order valence-electron chi connectivity index (χ3n) is 4.84. The van der Waals surface area contributed by atoms with Gasteiger partial charge in [0.15, 0.2) is 11.5 Å².